The number of carbonyl (C=O) groups excluding carboxylic acids is 2. The summed E-state index contributed by atoms with van der Waals surface area (Å²) in [5.41, 5.74) is 0.960. The highest BCUT2D eigenvalue weighted by Gasteiger charge is 2.30. The first kappa shape index (κ1) is 16.8. The highest BCUT2D eigenvalue weighted by molar-refractivity contribution is 9.10. The molecule has 0 spiro atoms. The van der Waals surface area contributed by atoms with Crippen LogP contribution in [0.15, 0.2) is 10.5 Å². The lowest BCUT2D eigenvalue weighted by Gasteiger charge is -2.20. The fourth-order valence-electron chi connectivity index (χ4n) is 2.38. The molecule has 1 aliphatic rings. The normalized spacial score (nSPS) is 13.7. The van der Waals surface area contributed by atoms with Gasteiger partial charge >= 0.3 is 5.97 Å². The van der Waals surface area contributed by atoms with Crippen molar-refractivity contribution in [3.8, 4) is 11.5 Å². The Balaban J connectivity index is 2.60. The number of hydrogen-bond acceptors (Lipinski definition) is 5. The van der Waals surface area contributed by atoms with Gasteiger partial charge in [-0.15, -0.1) is 0 Å². The fraction of sp³-hybridized carbons (Fsp3) is 0.500. The first-order valence-corrected chi connectivity index (χ1v) is 8.10. The van der Waals surface area contributed by atoms with Gasteiger partial charge in [0.25, 0.3) is 5.78 Å². The summed E-state index contributed by atoms with van der Waals surface area (Å²) >= 11 is 3.38. The third-order valence-corrected chi connectivity index (χ3v) is 3.92. The predicted molar refractivity (Wildman–Crippen MR) is 84.8 cm³/mol. The van der Waals surface area contributed by atoms with Gasteiger partial charge in [-0.25, -0.2) is 4.79 Å². The van der Waals surface area contributed by atoms with Crippen molar-refractivity contribution in [2.75, 3.05) is 19.8 Å². The van der Waals surface area contributed by atoms with E-state index in [-0.39, 0.29) is 18.1 Å². The van der Waals surface area contributed by atoms with Crippen LogP contribution < -0.4 is 9.47 Å². The molecule has 120 valence electrons. The van der Waals surface area contributed by atoms with Gasteiger partial charge in [0.1, 0.15) is 0 Å². The number of hydrogen-bond donors (Lipinski definition) is 0. The third kappa shape index (κ3) is 3.27. The molecular weight excluding hydrogens is 352 g/mol. The van der Waals surface area contributed by atoms with Gasteiger partial charge in [0.05, 0.1) is 25.4 Å². The van der Waals surface area contributed by atoms with Gasteiger partial charge in [-0.05, 0) is 34.8 Å². The summed E-state index contributed by atoms with van der Waals surface area (Å²) < 4.78 is 16.8. The van der Waals surface area contributed by atoms with Crippen molar-refractivity contribution in [2.45, 2.75) is 33.1 Å². The Kier molecular flexibility index (Phi) is 5.45. The number of halogens is 1. The highest BCUT2D eigenvalue weighted by Crippen LogP contribution is 2.43. The Morgan fingerprint density at radius 3 is 2.64 bits per heavy atom. The van der Waals surface area contributed by atoms with Crippen molar-refractivity contribution in [1.82, 2.24) is 0 Å². The second kappa shape index (κ2) is 7.13. The van der Waals surface area contributed by atoms with Crippen LogP contribution in [-0.2, 0) is 9.53 Å². The Labute approximate surface area is 138 Å². The van der Waals surface area contributed by atoms with Crippen LogP contribution in [0.25, 0.3) is 0 Å². The Hall–Kier alpha value is -1.56. The fourth-order valence-corrected chi connectivity index (χ4v) is 2.98. The second-order valence-corrected chi connectivity index (χ2v) is 6.08. The molecule has 0 fully saturated rings. The van der Waals surface area contributed by atoms with E-state index >= 15 is 0 Å². The largest absolute Gasteiger partial charge is 0.490 e. The summed E-state index contributed by atoms with van der Waals surface area (Å²) in [5, 5.41) is 0. The van der Waals surface area contributed by atoms with E-state index in [0.717, 1.165) is 6.42 Å². The number of ether oxygens (including phenoxy) is 3. The van der Waals surface area contributed by atoms with Crippen LogP contribution in [0.2, 0.25) is 0 Å². The van der Waals surface area contributed by atoms with Crippen molar-refractivity contribution in [1.29, 1.82) is 0 Å². The number of ketones is 1. The van der Waals surface area contributed by atoms with Gasteiger partial charge in [-0.1, -0.05) is 13.8 Å². The van der Waals surface area contributed by atoms with E-state index in [1.807, 2.05) is 13.8 Å². The van der Waals surface area contributed by atoms with Crippen LogP contribution in [-0.4, -0.2) is 31.6 Å². The molecule has 0 N–H and O–H groups in total. The van der Waals surface area contributed by atoms with Crippen LogP contribution in [0, 0.1) is 0 Å². The predicted octanol–water partition coefficient (Wildman–Crippen LogP) is 3.48. The quantitative estimate of drug-likeness (QED) is 0.461. The molecule has 0 saturated carbocycles. The molecule has 2 rings (SSSR count). The van der Waals surface area contributed by atoms with Crippen molar-refractivity contribution in [3.63, 3.8) is 0 Å². The van der Waals surface area contributed by atoms with E-state index in [4.69, 9.17) is 14.2 Å². The first-order chi connectivity index (χ1) is 10.5. The Morgan fingerprint density at radius 1 is 1.32 bits per heavy atom. The molecule has 1 aromatic rings. The molecule has 0 atom stereocenters. The van der Waals surface area contributed by atoms with Crippen molar-refractivity contribution < 1.29 is 23.8 Å². The van der Waals surface area contributed by atoms with E-state index < -0.39 is 11.8 Å². The second-order valence-electron chi connectivity index (χ2n) is 5.23. The number of benzene rings is 1. The molecule has 0 unspecified atom stereocenters. The van der Waals surface area contributed by atoms with E-state index in [0.29, 0.717) is 34.7 Å². The molecule has 5 nitrogen and oxygen atoms in total. The molecule has 6 heteroatoms. The molecule has 0 saturated heterocycles. The summed E-state index contributed by atoms with van der Waals surface area (Å²) in [7, 11) is 0. The van der Waals surface area contributed by atoms with Crippen LogP contribution in [0.5, 0.6) is 11.5 Å². The van der Waals surface area contributed by atoms with E-state index in [2.05, 4.69) is 15.9 Å². The minimum Gasteiger partial charge on any atom is -0.490 e. The van der Waals surface area contributed by atoms with Gasteiger partial charge in [-0.2, -0.15) is 0 Å². The lowest BCUT2D eigenvalue weighted by Crippen LogP contribution is -2.20. The van der Waals surface area contributed by atoms with Gasteiger partial charge in [-0.3, -0.25) is 4.79 Å². The maximum atomic E-state index is 12.5. The smallest absolute Gasteiger partial charge is 0.379 e. The summed E-state index contributed by atoms with van der Waals surface area (Å²) in [5.74, 6) is -0.411. The van der Waals surface area contributed by atoms with Gasteiger partial charge in [0, 0.05) is 16.5 Å². The topological polar surface area (TPSA) is 61.8 Å². The molecule has 22 heavy (non-hydrogen) atoms. The van der Waals surface area contributed by atoms with Crippen molar-refractivity contribution >= 4 is 27.7 Å². The first-order valence-electron chi connectivity index (χ1n) is 7.30. The third-order valence-electron chi connectivity index (χ3n) is 3.29. The minimum atomic E-state index is -0.861. The van der Waals surface area contributed by atoms with Crippen LogP contribution in [0.3, 0.4) is 0 Å². The number of esters is 1. The number of carbonyl (C=O) groups is 2. The van der Waals surface area contributed by atoms with Gasteiger partial charge in [0.15, 0.2) is 11.5 Å². The zero-order chi connectivity index (χ0) is 16.3. The van der Waals surface area contributed by atoms with Crippen molar-refractivity contribution in [3.05, 3.63) is 21.7 Å². The molecule has 0 radical (unpaired) electrons. The average molecular weight is 371 g/mol. The van der Waals surface area contributed by atoms with Crippen molar-refractivity contribution in [2.24, 2.45) is 0 Å². The maximum Gasteiger partial charge on any atom is 0.379 e. The standard InChI is InChI=1S/C16H19BrO5/c1-4-20-16(19)14(18)13-10(17)8-11-15(12(13)9(2)3)22-7-5-6-21-11/h8-9H,4-7H2,1-3H3. The lowest BCUT2D eigenvalue weighted by atomic mass is 9.93. The maximum absolute atomic E-state index is 12.5. The lowest BCUT2D eigenvalue weighted by molar-refractivity contribution is -0.137. The van der Waals surface area contributed by atoms with Gasteiger partial charge < -0.3 is 14.2 Å². The van der Waals surface area contributed by atoms with Crippen LogP contribution in [0.4, 0.5) is 0 Å². The average Bonchev–Trinajstić information content (AvgIpc) is 2.70. The molecule has 1 aromatic carbocycles. The number of Topliss-reactive ketones (excluding diaryl/α,β-unsaturated/α-hetero) is 1. The number of rotatable bonds is 4. The molecule has 0 aromatic heterocycles. The molecule has 1 aliphatic heterocycles. The highest BCUT2D eigenvalue weighted by atomic mass is 79.9. The molecule has 0 bridgehead atoms. The van der Waals surface area contributed by atoms with E-state index in [9.17, 15) is 9.59 Å². The Morgan fingerprint density at radius 2 is 2.00 bits per heavy atom. The summed E-state index contributed by atoms with van der Waals surface area (Å²) in [6.45, 7) is 6.78. The Bertz CT molecular complexity index is 595. The summed E-state index contributed by atoms with van der Waals surface area (Å²) in [6, 6.07) is 1.68. The van der Waals surface area contributed by atoms with Crippen LogP contribution >= 0.6 is 15.9 Å². The monoisotopic (exact) mass is 370 g/mol. The zero-order valence-electron chi connectivity index (χ0n) is 12.9. The SMILES string of the molecule is CCOC(=O)C(=O)c1c(Br)cc2c(c1C(C)C)OCCCO2. The van der Waals surface area contributed by atoms with E-state index in [1.54, 1.807) is 13.0 Å². The minimum absolute atomic E-state index is 0.0127. The molecule has 1 heterocycles. The summed E-state index contributed by atoms with van der Waals surface area (Å²) in [4.78, 5) is 24.3. The van der Waals surface area contributed by atoms with Gasteiger partial charge in [0.2, 0.25) is 0 Å². The number of fused-ring (bicyclic) bond motifs is 1. The zero-order valence-corrected chi connectivity index (χ0v) is 14.5. The molecule has 0 amide bonds. The van der Waals surface area contributed by atoms with Crippen LogP contribution in [0.1, 0.15) is 49.0 Å². The molecular formula is C16H19BrO5. The van der Waals surface area contributed by atoms with E-state index in [1.165, 1.54) is 0 Å². The molecule has 0 aliphatic carbocycles. The summed E-state index contributed by atoms with van der Waals surface area (Å²) in [6.07, 6.45) is 0.769.